The summed E-state index contributed by atoms with van der Waals surface area (Å²) in [6, 6.07) is 7.24. The molecule has 0 radical (unpaired) electrons. The van der Waals surface area contributed by atoms with Crippen LogP contribution in [0.4, 0.5) is 0 Å². The summed E-state index contributed by atoms with van der Waals surface area (Å²) >= 11 is 0. The summed E-state index contributed by atoms with van der Waals surface area (Å²) in [5.41, 5.74) is 2.17. The van der Waals surface area contributed by atoms with E-state index in [2.05, 4.69) is 0 Å². The van der Waals surface area contributed by atoms with Crippen LogP contribution in [0, 0.1) is 12.8 Å². The molecule has 0 aromatic heterocycles. The van der Waals surface area contributed by atoms with Gasteiger partial charge in [0, 0.05) is 13.0 Å². The summed E-state index contributed by atoms with van der Waals surface area (Å²) in [5.74, 6) is -0.780. The van der Waals surface area contributed by atoms with E-state index < -0.39 is 11.9 Å². The van der Waals surface area contributed by atoms with Crippen molar-refractivity contribution in [3.63, 3.8) is 0 Å². The van der Waals surface area contributed by atoms with Crippen LogP contribution in [0.5, 0.6) is 0 Å². The zero-order chi connectivity index (χ0) is 17.1. The summed E-state index contributed by atoms with van der Waals surface area (Å²) in [6.45, 7) is 8.37. The highest BCUT2D eigenvalue weighted by Crippen LogP contribution is 2.39. The first-order chi connectivity index (χ1) is 10.9. The van der Waals surface area contributed by atoms with Gasteiger partial charge >= 0.3 is 0 Å². The van der Waals surface area contributed by atoms with Crippen LogP contribution in [0.3, 0.4) is 0 Å². The predicted molar refractivity (Wildman–Crippen MR) is 90.0 cm³/mol. The van der Waals surface area contributed by atoms with Crippen LogP contribution < -0.4 is 0 Å². The molecule has 1 atom stereocenters. The minimum atomic E-state index is -0.477. The maximum absolute atomic E-state index is 12.7. The minimum Gasteiger partial charge on any atom is -0.503 e. The Morgan fingerprint density at radius 3 is 2.52 bits per heavy atom. The standard InChI is InChI=1S/C19H25NO3/c1-5-10-20-17(14-9-7-6-8-13(14)4)16(18(22)19(20)23)15(21)11-12(2)3/h6-9,12,17,22H,5,10-11H2,1-4H3. The van der Waals surface area contributed by atoms with Gasteiger partial charge in [-0.2, -0.15) is 0 Å². The first-order valence-corrected chi connectivity index (χ1v) is 8.21. The van der Waals surface area contributed by atoms with Gasteiger partial charge in [-0.25, -0.2) is 0 Å². The number of aliphatic hydroxyl groups is 1. The Labute approximate surface area is 137 Å². The minimum absolute atomic E-state index is 0.141. The topological polar surface area (TPSA) is 57.6 Å². The van der Waals surface area contributed by atoms with E-state index in [1.165, 1.54) is 0 Å². The number of aryl methyl sites for hydroxylation is 1. The predicted octanol–water partition coefficient (Wildman–Crippen LogP) is 3.72. The molecular formula is C19H25NO3. The molecule has 1 aliphatic rings. The fourth-order valence-electron chi connectivity index (χ4n) is 3.11. The van der Waals surface area contributed by atoms with Gasteiger partial charge in [-0.3, -0.25) is 9.59 Å². The van der Waals surface area contributed by atoms with Crippen molar-refractivity contribution in [2.75, 3.05) is 6.54 Å². The number of rotatable bonds is 6. The fraction of sp³-hybridized carbons (Fsp3) is 0.474. The first-order valence-electron chi connectivity index (χ1n) is 8.21. The van der Waals surface area contributed by atoms with Crippen LogP contribution in [0.25, 0.3) is 0 Å². The number of benzene rings is 1. The Balaban J connectivity index is 2.53. The number of carbonyl (C=O) groups is 2. The van der Waals surface area contributed by atoms with Crippen molar-refractivity contribution < 1.29 is 14.7 Å². The molecule has 0 saturated heterocycles. The highest BCUT2D eigenvalue weighted by molar-refractivity contribution is 6.09. The van der Waals surface area contributed by atoms with Gasteiger partial charge in [0.25, 0.3) is 5.91 Å². The van der Waals surface area contributed by atoms with Gasteiger partial charge in [-0.1, -0.05) is 45.0 Å². The van der Waals surface area contributed by atoms with Gasteiger partial charge < -0.3 is 10.0 Å². The number of hydrogen-bond donors (Lipinski definition) is 1. The normalized spacial score (nSPS) is 18.2. The van der Waals surface area contributed by atoms with E-state index in [0.717, 1.165) is 17.5 Å². The van der Waals surface area contributed by atoms with Crippen LogP contribution in [-0.2, 0) is 9.59 Å². The summed E-state index contributed by atoms with van der Waals surface area (Å²) in [7, 11) is 0. The van der Waals surface area contributed by atoms with Gasteiger partial charge in [0.1, 0.15) is 0 Å². The average molecular weight is 315 g/mol. The lowest BCUT2D eigenvalue weighted by molar-refractivity contribution is -0.129. The quantitative estimate of drug-likeness (QED) is 0.870. The maximum atomic E-state index is 12.7. The van der Waals surface area contributed by atoms with Crippen LogP contribution in [-0.4, -0.2) is 28.2 Å². The molecule has 1 heterocycles. The van der Waals surface area contributed by atoms with Crippen LogP contribution in [0.15, 0.2) is 35.6 Å². The molecule has 1 aromatic carbocycles. The van der Waals surface area contributed by atoms with E-state index in [0.29, 0.717) is 13.0 Å². The largest absolute Gasteiger partial charge is 0.503 e. The van der Waals surface area contributed by atoms with Crippen LogP contribution in [0.1, 0.15) is 50.8 Å². The Morgan fingerprint density at radius 1 is 1.30 bits per heavy atom. The lowest BCUT2D eigenvalue weighted by atomic mass is 9.90. The molecule has 1 N–H and O–H groups in total. The third kappa shape index (κ3) is 3.31. The Bertz CT molecular complexity index is 646. The van der Waals surface area contributed by atoms with Crippen molar-refractivity contribution in [3.05, 3.63) is 46.7 Å². The number of aliphatic hydroxyl groups excluding tert-OH is 1. The number of ketones is 1. The molecule has 0 bridgehead atoms. The van der Waals surface area contributed by atoms with E-state index in [1.807, 2.05) is 52.0 Å². The number of carbonyl (C=O) groups excluding carboxylic acids is 2. The molecule has 124 valence electrons. The van der Waals surface area contributed by atoms with Gasteiger partial charge in [0.15, 0.2) is 11.5 Å². The SMILES string of the molecule is CCCN1C(=O)C(O)=C(C(=O)CC(C)C)C1c1ccccc1C. The fourth-order valence-corrected chi connectivity index (χ4v) is 3.11. The molecular weight excluding hydrogens is 290 g/mol. The zero-order valence-electron chi connectivity index (χ0n) is 14.3. The number of Topliss-reactive ketones (excluding diaryl/α,β-unsaturated/α-hetero) is 1. The van der Waals surface area contributed by atoms with E-state index in [9.17, 15) is 14.7 Å². The van der Waals surface area contributed by atoms with Gasteiger partial charge in [-0.15, -0.1) is 0 Å². The van der Waals surface area contributed by atoms with Gasteiger partial charge in [0.05, 0.1) is 11.6 Å². The molecule has 0 aliphatic carbocycles. The molecule has 2 rings (SSSR count). The number of amides is 1. The molecule has 1 amide bonds. The number of nitrogens with zero attached hydrogens (tertiary/aromatic N) is 1. The summed E-state index contributed by atoms with van der Waals surface area (Å²) in [5, 5.41) is 10.3. The lowest BCUT2D eigenvalue weighted by Crippen LogP contribution is -2.32. The van der Waals surface area contributed by atoms with Crippen molar-refractivity contribution in [1.82, 2.24) is 4.90 Å². The third-order valence-corrected chi connectivity index (χ3v) is 4.15. The monoisotopic (exact) mass is 315 g/mol. The second kappa shape index (κ2) is 6.99. The molecule has 1 aliphatic heterocycles. The average Bonchev–Trinajstić information content (AvgIpc) is 2.72. The Kier molecular flexibility index (Phi) is 5.24. The van der Waals surface area contributed by atoms with Crippen molar-refractivity contribution in [1.29, 1.82) is 0 Å². The Morgan fingerprint density at radius 2 is 1.96 bits per heavy atom. The summed E-state index contributed by atoms with van der Waals surface area (Å²) in [6.07, 6.45) is 1.10. The van der Waals surface area contributed by atoms with Crippen molar-refractivity contribution in [3.8, 4) is 0 Å². The van der Waals surface area contributed by atoms with Gasteiger partial charge in [-0.05, 0) is 30.4 Å². The van der Waals surface area contributed by atoms with Crippen molar-refractivity contribution in [2.45, 2.75) is 46.6 Å². The first kappa shape index (κ1) is 17.3. The summed E-state index contributed by atoms with van der Waals surface area (Å²) < 4.78 is 0. The van der Waals surface area contributed by atoms with E-state index in [4.69, 9.17) is 0 Å². The zero-order valence-corrected chi connectivity index (χ0v) is 14.3. The Hall–Kier alpha value is -2.10. The molecule has 0 saturated carbocycles. The van der Waals surface area contributed by atoms with E-state index in [1.54, 1.807) is 4.90 Å². The van der Waals surface area contributed by atoms with Gasteiger partial charge in [0.2, 0.25) is 0 Å². The smallest absolute Gasteiger partial charge is 0.290 e. The molecule has 1 aromatic rings. The molecule has 1 unspecified atom stereocenters. The maximum Gasteiger partial charge on any atom is 0.290 e. The molecule has 0 spiro atoms. The second-order valence-electron chi connectivity index (χ2n) is 6.54. The summed E-state index contributed by atoms with van der Waals surface area (Å²) in [4.78, 5) is 26.7. The van der Waals surface area contributed by atoms with Crippen LogP contribution >= 0.6 is 0 Å². The van der Waals surface area contributed by atoms with Crippen molar-refractivity contribution in [2.24, 2.45) is 5.92 Å². The van der Waals surface area contributed by atoms with Crippen molar-refractivity contribution >= 4 is 11.7 Å². The molecule has 4 nitrogen and oxygen atoms in total. The van der Waals surface area contributed by atoms with Crippen LogP contribution in [0.2, 0.25) is 0 Å². The van der Waals surface area contributed by atoms with E-state index >= 15 is 0 Å². The third-order valence-electron chi connectivity index (χ3n) is 4.15. The molecule has 23 heavy (non-hydrogen) atoms. The lowest BCUT2D eigenvalue weighted by Gasteiger charge is -2.27. The highest BCUT2D eigenvalue weighted by atomic mass is 16.3. The molecule has 0 fully saturated rings. The highest BCUT2D eigenvalue weighted by Gasteiger charge is 2.43. The van der Waals surface area contributed by atoms with E-state index in [-0.39, 0.29) is 23.0 Å². The second-order valence-corrected chi connectivity index (χ2v) is 6.54. The number of hydrogen-bond acceptors (Lipinski definition) is 3. The molecule has 4 heteroatoms.